The van der Waals surface area contributed by atoms with Gasteiger partial charge in [0.25, 0.3) is 0 Å². The van der Waals surface area contributed by atoms with E-state index in [1.807, 2.05) is 24.3 Å². The fraction of sp³-hybridized carbons (Fsp3) is 0.286. The lowest BCUT2D eigenvalue weighted by molar-refractivity contribution is 0.0697. The van der Waals surface area contributed by atoms with Crippen LogP contribution < -0.4 is 4.90 Å². The number of carboxylic acid groups (broad SMARTS) is 1. The van der Waals surface area contributed by atoms with Gasteiger partial charge in [-0.25, -0.2) is 14.8 Å². The van der Waals surface area contributed by atoms with Crippen LogP contribution in [-0.4, -0.2) is 38.7 Å². The van der Waals surface area contributed by atoms with Crippen molar-refractivity contribution in [2.75, 3.05) is 11.4 Å². The van der Waals surface area contributed by atoms with Crippen LogP contribution in [0.4, 0.5) is 5.82 Å². The van der Waals surface area contributed by atoms with Crippen molar-refractivity contribution < 1.29 is 15.0 Å². The topological polar surface area (TPSA) is 86.6 Å². The highest BCUT2D eigenvalue weighted by atomic mass is 16.4. The van der Waals surface area contributed by atoms with E-state index in [9.17, 15) is 15.0 Å². The third-order valence-corrected chi connectivity index (χ3v) is 5.13. The van der Waals surface area contributed by atoms with Gasteiger partial charge >= 0.3 is 5.97 Å². The maximum absolute atomic E-state index is 11.3. The van der Waals surface area contributed by atoms with Gasteiger partial charge in [-0.15, -0.1) is 0 Å². The molecule has 0 radical (unpaired) electrons. The number of benzene rings is 2. The Morgan fingerprint density at radius 3 is 2.56 bits per heavy atom. The van der Waals surface area contributed by atoms with Crippen LogP contribution in [0.5, 0.6) is 0 Å². The Morgan fingerprint density at radius 1 is 1.15 bits per heavy atom. The number of aliphatic hydroxyl groups excluding tert-OH is 1. The molecule has 27 heavy (non-hydrogen) atoms. The van der Waals surface area contributed by atoms with Crippen molar-refractivity contribution in [2.45, 2.75) is 32.4 Å². The molecule has 1 aromatic heterocycles. The number of carbonyl (C=O) groups is 1. The molecule has 6 heteroatoms. The molecule has 1 atom stereocenters. The lowest BCUT2D eigenvalue weighted by Gasteiger charge is -2.25. The summed E-state index contributed by atoms with van der Waals surface area (Å²) in [5, 5.41) is 18.6. The Kier molecular flexibility index (Phi) is 4.49. The number of carboxylic acids is 1. The normalized spacial score (nSPS) is 16.8. The molecule has 1 fully saturated rings. The number of rotatable bonds is 4. The van der Waals surface area contributed by atoms with Gasteiger partial charge in [0.05, 0.1) is 23.2 Å². The van der Waals surface area contributed by atoms with E-state index in [1.165, 1.54) is 0 Å². The summed E-state index contributed by atoms with van der Waals surface area (Å²) in [6.45, 7) is 3.07. The van der Waals surface area contributed by atoms with Crippen LogP contribution >= 0.6 is 0 Å². The van der Waals surface area contributed by atoms with Gasteiger partial charge in [-0.2, -0.15) is 0 Å². The quantitative estimate of drug-likeness (QED) is 0.738. The Bertz CT molecular complexity index is 1000. The molecule has 0 spiro atoms. The monoisotopic (exact) mass is 363 g/mol. The molecule has 1 aliphatic heterocycles. The first-order chi connectivity index (χ1) is 13.1. The number of hydrogen-bond donors (Lipinski definition) is 2. The molecule has 2 aromatic carbocycles. The second kappa shape index (κ2) is 6.96. The SMILES string of the molecule is C[C@H]1CCCN1c1nc2cc(C(=O)O)ccc2nc1-c1ccc(CO)cc1. The molecule has 4 rings (SSSR count). The number of nitrogens with zero attached hydrogens (tertiary/aromatic N) is 3. The fourth-order valence-electron chi connectivity index (χ4n) is 3.59. The first-order valence-electron chi connectivity index (χ1n) is 9.08. The molecule has 0 saturated carbocycles. The van der Waals surface area contributed by atoms with Crippen molar-refractivity contribution in [2.24, 2.45) is 0 Å². The van der Waals surface area contributed by atoms with Crippen LogP contribution in [0.15, 0.2) is 42.5 Å². The predicted molar refractivity (Wildman–Crippen MR) is 104 cm³/mol. The summed E-state index contributed by atoms with van der Waals surface area (Å²) in [5.41, 5.74) is 4.00. The van der Waals surface area contributed by atoms with Gasteiger partial charge in [-0.05, 0) is 43.5 Å². The van der Waals surface area contributed by atoms with Crippen LogP contribution in [0.25, 0.3) is 22.3 Å². The van der Waals surface area contributed by atoms with Gasteiger partial charge in [0, 0.05) is 18.2 Å². The Morgan fingerprint density at radius 2 is 1.93 bits per heavy atom. The Labute approximate surface area is 157 Å². The fourth-order valence-corrected chi connectivity index (χ4v) is 3.59. The second-order valence-corrected chi connectivity index (χ2v) is 6.94. The minimum Gasteiger partial charge on any atom is -0.478 e. The highest BCUT2D eigenvalue weighted by molar-refractivity contribution is 5.93. The number of aliphatic hydroxyl groups is 1. The van der Waals surface area contributed by atoms with Crippen molar-refractivity contribution >= 4 is 22.8 Å². The molecule has 0 amide bonds. The van der Waals surface area contributed by atoms with Crippen molar-refractivity contribution in [1.82, 2.24) is 9.97 Å². The summed E-state index contributed by atoms with van der Waals surface area (Å²) >= 11 is 0. The second-order valence-electron chi connectivity index (χ2n) is 6.94. The van der Waals surface area contributed by atoms with E-state index in [1.54, 1.807) is 18.2 Å². The van der Waals surface area contributed by atoms with Crippen LogP contribution in [0.3, 0.4) is 0 Å². The van der Waals surface area contributed by atoms with E-state index in [2.05, 4.69) is 11.8 Å². The molecule has 6 nitrogen and oxygen atoms in total. The van der Waals surface area contributed by atoms with Crippen LogP contribution in [0.2, 0.25) is 0 Å². The van der Waals surface area contributed by atoms with Crippen molar-refractivity contribution in [1.29, 1.82) is 0 Å². The van der Waals surface area contributed by atoms with Crippen LogP contribution in [0.1, 0.15) is 35.7 Å². The maximum atomic E-state index is 11.3. The highest BCUT2D eigenvalue weighted by Gasteiger charge is 2.26. The maximum Gasteiger partial charge on any atom is 0.335 e. The van der Waals surface area contributed by atoms with Gasteiger partial charge in [-0.3, -0.25) is 0 Å². The van der Waals surface area contributed by atoms with Gasteiger partial charge in [-0.1, -0.05) is 24.3 Å². The van der Waals surface area contributed by atoms with Gasteiger partial charge in [0.2, 0.25) is 0 Å². The number of aromatic carboxylic acids is 1. The smallest absolute Gasteiger partial charge is 0.335 e. The predicted octanol–water partition coefficient (Wildman–Crippen LogP) is 3.48. The van der Waals surface area contributed by atoms with Crippen molar-refractivity contribution in [3.8, 4) is 11.3 Å². The summed E-state index contributed by atoms with van der Waals surface area (Å²) in [5.74, 6) is -0.190. The van der Waals surface area contributed by atoms with E-state index >= 15 is 0 Å². The molecule has 0 aliphatic carbocycles. The number of fused-ring (bicyclic) bond motifs is 1. The highest BCUT2D eigenvalue weighted by Crippen LogP contribution is 2.34. The molecule has 0 bridgehead atoms. The first-order valence-corrected chi connectivity index (χ1v) is 9.08. The van der Waals surface area contributed by atoms with Crippen molar-refractivity contribution in [3.63, 3.8) is 0 Å². The van der Waals surface area contributed by atoms with E-state index in [0.29, 0.717) is 17.1 Å². The Hall–Kier alpha value is -2.99. The lowest BCUT2D eigenvalue weighted by atomic mass is 10.1. The average molecular weight is 363 g/mol. The zero-order chi connectivity index (χ0) is 19.0. The summed E-state index contributed by atoms with van der Waals surface area (Å²) in [7, 11) is 0. The Balaban J connectivity index is 1.91. The van der Waals surface area contributed by atoms with Crippen LogP contribution in [0, 0.1) is 0 Å². The lowest BCUT2D eigenvalue weighted by Crippen LogP contribution is -2.28. The molecule has 2 heterocycles. The molecule has 138 valence electrons. The van der Waals surface area contributed by atoms with Gasteiger partial charge in [0.15, 0.2) is 5.82 Å². The largest absolute Gasteiger partial charge is 0.478 e. The van der Waals surface area contributed by atoms with Gasteiger partial charge < -0.3 is 15.1 Å². The van der Waals surface area contributed by atoms with E-state index in [-0.39, 0.29) is 12.2 Å². The van der Waals surface area contributed by atoms with E-state index in [0.717, 1.165) is 42.0 Å². The number of aromatic nitrogens is 2. The molecule has 1 saturated heterocycles. The summed E-state index contributed by atoms with van der Waals surface area (Å²) in [6, 6.07) is 12.8. The zero-order valence-corrected chi connectivity index (χ0v) is 15.1. The summed E-state index contributed by atoms with van der Waals surface area (Å²) < 4.78 is 0. The number of anilines is 1. The van der Waals surface area contributed by atoms with E-state index < -0.39 is 5.97 Å². The molecule has 2 N–H and O–H groups in total. The summed E-state index contributed by atoms with van der Waals surface area (Å²) in [4.78, 5) is 23.2. The summed E-state index contributed by atoms with van der Waals surface area (Å²) in [6.07, 6.45) is 2.19. The average Bonchev–Trinajstić information content (AvgIpc) is 3.12. The molecular formula is C21H21N3O3. The van der Waals surface area contributed by atoms with E-state index in [4.69, 9.17) is 9.97 Å². The molecule has 1 aliphatic rings. The number of hydrogen-bond acceptors (Lipinski definition) is 5. The molecular weight excluding hydrogens is 342 g/mol. The molecule has 3 aromatic rings. The minimum absolute atomic E-state index is 0.00232. The van der Waals surface area contributed by atoms with Crippen molar-refractivity contribution in [3.05, 3.63) is 53.6 Å². The molecule has 0 unspecified atom stereocenters. The third kappa shape index (κ3) is 3.24. The minimum atomic E-state index is -0.974. The van der Waals surface area contributed by atoms with Gasteiger partial charge in [0.1, 0.15) is 5.69 Å². The third-order valence-electron chi connectivity index (χ3n) is 5.13. The van der Waals surface area contributed by atoms with Crippen LogP contribution in [-0.2, 0) is 6.61 Å². The standard InChI is InChI=1S/C21H21N3O3/c1-13-3-2-10-24(13)20-19(15-6-4-14(12-25)5-7-15)22-17-9-8-16(21(26)27)11-18(17)23-20/h4-9,11,13,25H,2-3,10,12H2,1H3,(H,26,27)/t13-/m0/s1. The zero-order valence-electron chi connectivity index (χ0n) is 15.1. The first kappa shape index (κ1) is 17.4.